The van der Waals surface area contributed by atoms with Crippen LogP contribution in [0.4, 0.5) is 4.39 Å². The van der Waals surface area contributed by atoms with Crippen molar-refractivity contribution < 1.29 is 9.50 Å². The summed E-state index contributed by atoms with van der Waals surface area (Å²) in [6, 6.07) is 2.55. The van der Waals surface area contributed by atoms with Gasteiger partial charge in [-0.25, -0.2) is 4.39 Å². The number of rotatable bonds is 5. The van der Waals surface area contributed by atoms with E-state index in [4.69, 9.17) is 28.3 Å². The van der Waals surface area contributed by atoms with Crippen molar-refractivity contribution in [1.82, 2.24) is 5.32 Å². The van der Waals surface area contributed by atoms with Gasteiger partial charge in [0, 0.05) is 17.1 Å². The summed E-state index contributed by atoms with van der Waals surface area (Å²) in [6.45, 7) is 3.87. The highest BCUT2D eigenvalue weighted by Gasteiger charge is 2.16. The van der Waals surface area contributed by atoms with Crippen LogP contribution in [0.2, 0.25) is 10.0 Å². The van der Waals surface area contributed by atoms with E-state index >= 15 is 0 Å². The van der Waals surface area contributed by atoms with Crippen LogP contribution in [0.15, 0.2) is 12.1 Å². The second-order valence-electron chi connectivity index (χ2n) is 3.96. The van der Waals surface area contributed by atoms with E-state index in [1.807, 2.05) is 13.8 Å². The average Bonchev–Trinajstić information content (AvgIpc) is 2.30. The van der Waals surface area contributed by atoms with E-state index in [9.17, 15) is 4.39 Å². The molecule has 0 radical (unpaired) electrons. The molecule has 5 heteroatoms. The molecule has 0 saturated heterocycles. The zero-order valence-electron chi connectivity index (χ0n) is 9.80. The minimum atomic E-state index is -0.489. The molecule has 0 bridgehead atoms. The summed E-state index contributed by atoms with van der Waals surface area (Å²) in [5, 5.41) is 12.7. The standard InChI is InChI=1S/C12H16Cl2FNO/c1-3-8(6-17)16-7(2)9-4-12(15)11(14)5-10(9)13/h4-5,7-8,16-17H,3,6H2,1-2H3/t7?,8-/m0/s1. The van der Waals surface area contributed by atoms with Crippen molar-refractivity contribution >= 4 is 23.2 Å². The smallest absolute Gasteiger partial charge is 0.142 e. The summed E-state index contributed by atoms with van der Waals surface area (Å²) in [5.74, 6) is -0.489. The van der Waals surface area contributed by atoms with E-state index in [1.54, 1.807) is 0 Å². The Morgan fingerprint density at radius 1 is 1.35 bits per heavy atom. The van der Waals surface area contributed by atoms with Crippen molar-refractivity contribution in [2.75, 3.05) is 6.61 Å². The minimum Gasteiger partial charge on any atom is -0.395 e. The van der Waals surface area contributed by atoms with Crippen molar-refractivity contribution in [2.24, 2.45) is 0 Å². The van der Waals surface area contributed by atoms with Gasteiger partial charge in [0.25, 0.3) is 0 Å². The van der Waals surface area contributed by atoms with E-state index in [0.717, 1.165) is 6.42 Å². The maximum atomic E-state index is 13.4. The number of hydrogen-bond donors (Lipinski definition) is 2. The SMILES string of the molecule is CC[C@@H](CO)NC(C)c1cc(F)c(Cl)cc1Cl. The predicted molar refractivity (Wildman–Crippen MR) is 69.1 cm³/mol. The Bertz CT molecular complexity index is 383. The number of aliphatic hydroxyl groups is 1. The lowest BCUT2D eigenvalue weighted by molar-refractivity contribution is 0.230. The monoisotopic (exact) mass is 279 g/mol. The molecule has 0 spiro atoms. The zero-order chi connectivity index (χ0) is 13.0. The van der Waals surface area contributed by atoms with Gasteiger partial charge in [0.05, 0.1) is 11.6 Å². The van der Waals surface area contributed by atoms with Gasteiger partial charge in [0.2, 0.25) is 0 Å². The van der Waals surface area contributed by atoms with Crippen LogP contribution < -0.4 is 5.32 Å². The summed E-state index contributed by atoms with van der Waals surface area (Å²) < 4.78 is 13.4. The summed E-state index contributed by atoms with van der Waals surface area (Å²) in [5.41, 5.74) is 0.639. The molecular formula is C12H16Cl2FNO. The molecule has 1 aromatic rings. The van der Waals surface area contributed by atoms with Crippen LogP contribution in [0.1, 0.15) is 31.9 Å². The van der Waals surface area contributed by atoms with Crippen LogP contribution in [-0.4, -0.2) is 17.8 Å². The predicted octanol–water partition coefficient (Wildman–Crippen LogP) is 3.55. The maximum Gasteiger partial charge on any atom is 0.142 e. The summed E-state index contributed by atoms with van der Waals surface area (Å²) >= 11 is 11.6. The Balaban J connectivity index is 2.88. The Morgan fingerprint density at radius 2 is 2.00 bits per heavy atom. The molecule has 0 heterocycles. The number of halogens is 3. The Kier molecular flexibility index (Phi) is 5.67. The van der Waals surface area contributed by atoms with E-state index in [0.29, 0.717) is 10.6 Å². The molecule has 17 heavy (non-hydrogen) atoms. The normalized spacial score (nSPS) is 14.7. The third-order valence-electron chi connectivity index (χ3n) is 2.70. The highest BCUT2D eigenvalue weighted by atomic mass is 35.5. The van der Waals surface area contributed by atoms with Crippen LogP contribution in [0.25, 0.3) is 0 Å². The van der Waals surface area contributed by atoms with Gasteiger partial charge in [0.15, 0.2) is 0 Å². The molecular weight excluding hydrogens is 264 g/mol. The summed E-state index contributed by atoms with van der Waals surface area (Å²) in [4.78, 5) is 0. The highest BCUT2D eigenvalue weighted by Crippen LogP contribution is 2.28. The molecule has 2 nitrogen and oxygen atoms in total. The van der Waals surface area contributed by atoms with Crippen molar-refractivity contribution in [3.8, 4) is 0 Å². The number of nitrogens with one attached hydrogen (secondary N) is 1. The van der Waals surface area contributed by atoms with Crippen LogP contribution in [-0.2, 0) is 0 Å². The van der Waals surface area contributed by atoms with Gasteiger partial charge in [0.1, 0.15) is 5.82 Å². The first-order valence-corrected chi connectivity index (χ1v) is 6.26. The first kappa shape index (κ1) is 14.7. The highest BCUT2D eigenvalue weighted by molar-refractivity contribution is 6.35. The topological polar surface area (TPSA) is 32.3 Å². The van der Waals surface area contributed by atoms with Gasteiger partial charge in [-0.3, -0.25) is 0 Å². The molecule has 0 aliphatic heterocycles. The van der Waals surface area contributed by atoms with E-state index in [2.05, 4.69) is 5.32 Å². The molecule has 0 aliphatic rings. The lowest BCUT2D eigenvalue weighted by atomic mass is 10.1. The third kappa shape index (κ3) is 3.81. The Hall–Kier alpha value is -0.350. The average molecular weight is 280 g/mol. The van der Waals surface area contributed by atoms with E-state index < -0.39 is 5.82 Å². The van der Waals surface area contributed by atoms with Crippen LogP contribution in [0.5, 0.6) is 0 Å². The molecule has 0 amide bonds. The molecule has 2 N–H and O–H groups in total. The molecule has 1 unspecified atom stereocenters. The molecule has 96 valence electrons. The van der Waals surface area contributed by atoms with E-state index in [1.165, 1.54) is 12.1 Å². The van der Waals surface area contributed by atoms with Crippen LogP contribution in [0.3, 0.4) is 0 Å². The number of hydrogen-bond acceptors (Lipinski definition) is 2. The molecule has 0 aliphatic carbocycles. The van der Waals surface area contributed by atoms with Crippen LogP contribution in [0, 0.1) is 5.82 Å². The Morgan fingerprint density at radius 3 is 2.53 bits per heavy atom. The lowest BCUT2D eigenvalue weighted by Crippen LogP contribution is -2.34. The van der Waals surface area contributed by atoms with Gasteiger partial charge in [-0.05, 0) is 31.0 Å². The third-order valence-corrected chi connectivity index (χ3v) is 3.32. The van der Waals surface area contributed by atoms with Crippen molar-refractivity contribution in [2.45, 2.75) is 32.4 Å². The zero-order valence-corrected chi connectivity index (χ0v) is 11.3. The van der Waals surface area contributed by atoms with Crippen LogP contribution >= 0.6 is 23.2 Å². The molecule has 0 fully saturated rings. The van der Waals surface area contributed by atoms with Crippen molar-refractivity contribution in [3.05, 3.63) is 33.6 Å². The van der Waals surface area contributed by atoms with Gasteiger partial charge in [-0.15, -0.1) is 0 Å². The minimum absolute atomic E-state index is 0.0140. The molecule has 0 saturated carbocycles. The quantitative estimate of drug-likeness (QED) is 0.808. The van der Waals surface area contributed by atoms with E-state index in [-0.39, 0.29) is 23.7 Å². The maximum absolute atomic E-state index is 13.4. The number of aliphatic hydroxyl groups excluding tert-OH is 1. The molecule has 1 rings (SSSR count). The fraction of sp³-hybridized carbons (Fsp3) is 0.500. The molecule has 2 atom stereocenters. The second-order valence-corrected chi connectivity index (χ2v) is 4.78. The molecule has 0 aromatic heterocycles. The largest absolute Gasteiger partial charge is 0.395 e. The number of benzene rings is 1. The second kappa shape index (κ2) is 6.55. The van der Waals surface area contributed by atoms with Gasteiger partial charge < -0.3 is 10.4 Å². The van der Waals surface area contributed by atoms with Gasteiger partial charge >= 0.3 is 0 Å². The van der Waals surface area contributed by atoms with Gasteiger partial charge in [-0.2, -0.15) is 0 Å². The molecule has 1 aromatic carbocycles. The summed E-state index contributed by atoms with van der Waals surface area (Å²) in [6.07, 6.45) is 0.786. The van der Waals surface area contributed by atoms with Crippen molar-refractivity contribution in [1.29, 1.82) is 0 Å². The summed E-state index contributed by atoms with van der Waals surface area (Å²) in [7, 11) is 0. The first-order valence-electron chi connectivity index (χ1n) is 5.50. The van der Waals surface area contributed by atoms with Gasteiger partial charge in [-0.1, -0.05) is 30.1 Å². The van der Waals surface area contributed by atoms with Crippen molar-refractivity contribution in [3.63, 3.8) is 0 Å². The fourth-order valence-electron chi connectivity index (χ4n) is 1.61. The first-order chi connectivity index (χ1) is 7.99. The Labute approximate surface area is 111 Å². The lowest BCUT2D eigenvalue weighted by Gasteiger charge is -2.21. The fourth-order valence-corrected chi connectivity index (χ4v) is 2.16.